The third-order valence-electron chi connectivity index (χ3n) is 1.31. The minimum Gasteiger partial charge on any atom is -0.508 e. The second-order valence-corrected chi connectivity index (χ2v) is 2.29. The molecule has 0 spiro atoms. The zero-order valence-corrected chi connectivity index (χ0v) is 9.32. The van der Waals surface area contributed by atoms with Gasteiger partial charge in [-0.25, -0.2) is 0 Å². The average Bonchev–Trinajstić information content (AvgIpc) is 2.03. The minimum absolute atomic E-state index is 0. The summed E-state index contributed by atoms with van der Waals surface area (Å²) in [6.07, 6.45) is 0. The summed E-state index contributed by atoms with van der Waals surface area (Å²) >= 11 is 0. The van der Waals surface area contributed by atoms with Gasteiger partial charge in [-0.15, -0.1) is 0 Å². The van der Waals surface area contributed by atoms with Crippen molar-refractivity contribution in [1.82, 2.24) is 0 Å². The van der Waals surface area contributed by atoms with Gasteiger partial charge in [-0.3, -0.25) is 4.79 Å². The van der Waals surface area contributed by atoms with Crippen LogP contribution in [0.4, 0.5) is 5.69 Å². The van der Waals surface area contributed by atoms with E-state index in [2.05, 4.69) is 5.32 Å². The number of hydrogen-bond acceptors (Lipinski definition) is 3. The van der Waals surface area contributed by atoms with Gasteiger partial charge in [-0.05, 0) is 24.3 Å². The molecular weight excluding hydrogens is 181 g/mol. The molecule has 0 aliphatic heterocycles. The van der Waals surface area contributed by atoms with Gasteiger partial charge in [0.15, 0.2) is 0 Å². The molecule has 3 N–H and O–H groups in total. The van der Waals surface area contributed by atoms with Crippen LogP contribution < -0.4 is 34.9 Å². The second-order valence-electron chi connectivity index (χ2n) is 2.29. The first-order valence-electron chi connectivity index (χ1n) is 3.43. The number of carboxylic acids is 1. The topological polar surface area (TPSA) is 69.6 Å². The molecule has 64 valence electrons. The van der Waals surface area contributed by atoms with Crippen LogP contribution in [0, 0.1) is 0 Å². The molecule has 1 aromatic carbocycles. The standard InChI is InChI=1S/C8H9NO3.Na/c10-7-3-1-6(2-4-7)9-5-8(11)12;/h1-4,9-10H,5H2,(H,11,12);/q;+1. The van der Waals surface area contributed by atoms with Crippen LogP contribution in [0.5, 0.6) is 5.75 Å². The molecule has 1 rings (SSSR count). The van der Waals surface area contributed by atoms with Crippen molar-refractivity contribution in [3.63, 3.8) is 0 Å². The summed E-state index contributed by atoms with van der Waals surface area (Å²) < 4.78 is 0. The number of aliphatic carboxylic acids is 1. The minimum atomic E-state index is -0.914. The van der Waals surface area contributed by atoms with E-state index in [-0.39, 0.29) is 41.9 Å². The Balaban J connectivity index is 0.00000144. The zero-order chi connectivity index (χ0) is 8.97. The van der Waals surface area contributed by atoms with E-state index in [1.807, 2.05) is 0 Å². The summed E-state index contributed by atoms with van der Waals surface area (Å²) in [5.74, 6) is -0.751. The molecule has 4 nitrogen and oxygen atoms in total. The predicted octanol–water partition coefficient (Wildman–Crippen LogP) is -2.11. The molecule has 1 aromatic rings. The van der Waals surface area contributed by atoms with Gasteiger partial charge < -0.3 is 15.5 Å². The zero-order valence-electron chi connectivity index (χ0n) is 7.32. The van der Waals surface area contributed by atoms with E-state index in [1.54, 1.807) is 12.1 Å². The number of hydrogen-bond donors (Lipinski definition) is 3. The summed E-state index contributed by atoms with van der Waals surface area (Å²) in [4.78, 5) is 10.1. The Kier molecular flexibility index (Phi) is 5.53. The van der Waals surface area contributed by atoms with E-state index in [1.165, 1.54) is 12.1 Å². The van der Waals surface area contributed by atoms with Crippen LogP contribution in [-0.4, -0.2) is 22.7 Å². The molecule has 0 atom stereocenters. The van der Waals surface area contributed by atoms with Crippen molar-refractivity contribution in [3.8, 4) is 5.75 Å². The number of benzene rings is 1. The molecule has 0 fully saturated rings. The normalized spacial score (nSPS) is 8.62. The quantitative estimate of drug-likeness (QED) is 0.377. The van der Waals surface area contributed by atoms with Crippen LogP contribution >= 0.6 is 0 Å². The third-order valence-corrected chi connectivity index (χ3v) is 1.31. The van der Waals surface area contributed by atoms with Gasteiger partial charge in [0.2, 0.25) is 0 Å². The SMILES string of the molecule is O=C(O)CNc1ccc(O)cc1.[Na+]. The summed E-state index contributed by atoms with van der Waals surface area (Å²) in [6.45, 7) is -0.120. The van der Waals surface area contributed by atoms with E-state index in [4.69, 9.17) is 10.2 Å². The van der Waals surface area contributed by atoms with E-state index < -0.39 is 5.97 Å². The van der Waals surface area contributed by atoms with Gasteiger partial charge in [0, 0.05) is 5.69 Å². The fraction of sp³-hybridized carbons (Fsp3) is 0.125. The summed E-state index contributed by atoms with van der Waals surface area (Å²) in [5.41, 5.74) is 0.676. The fourth-order valence-corrected chi connectivity index (χ4v) is 0.757. The summed E-state index contributed by atoms with van der Waals surface area (Å²) in [6, 6.07) is 6.20. The number of aromatic hydroxyl groups is 1. The molecule has 0 aliphatic rings. The Morgan fingerprint density at radius 2 is 1.85 bits per heavy atom. The Morgan fingerprint density at radius 3 is 2.31 bits per heavy atom. The molecule has 0 bridgehead atoms. The van der Waals surface area contributed by atoms with Crippen molar-refractivity contribution in [1.29, 1.82) is 0 Å². The second kappa shape index (κ2) is 5.85. The number of carbonyl (C=O) groups is 1. The molecule has 0 saturated heterocycles. The maximum atomic E-state index is 10.1. The number of nitrogens with one attached hydrogen (secondary N) is 1. The van der Waals surface area contributed by atoms with E-state index >= 15 is 0 Å². The first kappa shape index (κ1) is 12.3. The van der Waals surface area contributed by atoms with Gasteiger partial charge in [0.25, 0.3) is 0 Å². The maximum absolute atomic E-state index is 10.1. The summed E-state index contributed by atoms with van der Waals surface area (Å²) in [7, 11) is 0. The van der Waals surface area contributed by atoms with Crippen molar-refractivity contribution < 1.29 is 44.6 Å². The van der Waals surface area contributed by atoms with Gasteiger partial charge in [0.05, 0.1) is 0 Å². The predicted molar refractivity (Wildman–Crippen MR) is 44.2 cm³/mol. The monoisotopic (exact) mass is 190 g/mol. The Morgan fingerprint density at radius 1 is 1.31 bits per heavy atom. The van der Waals surface area contributed by atoms with Crippen LogP contribution in [0.2, 0.25) is 0 Å². The van der Waals surface area contributed by atoms with E-state index in [0.717, 1.165) is 0 Å². The van der Waals surface area contributed by atoms with Crippen molar-refractivity contribution in [3.05, 3.63) is 24.3 Å². The largest absolute Gasteiger partial charge is 1.00 e. The first-order chi connectivity index (χ1) is 5.68. The smallest absolute Gasteiger partial charge is 0.508 e. The maximum Gasteiger partial charge on any atom is 1.00 e. The average molecular weight is 190 g/mol. The number of phenols is 1. The van der Waals surface area contributed by atoms with Crippen LogP contribution in [0.15, 0.2) is 24.3 Å². The van der Waals surface area contributed by atoms with Crippen LogP contribution in [0.1, 0.15) is 0 Å². The molecule has 5 heteroatoms. The number of rotatable bonds is 3. The Bertz CT molecular complexity index is 273. The Labute approximate surface area is 97.9 Å². The molecule has 0 aromatic heterocycles. The van der Waals surface area contributed by atoms with E-state index in [9.17, 15) is 4.79 Å². The molecule has 0 saturated carbocycles. The molecule has 0 radical (unpaired) electrons. The molecule has 0 aliphatic carbocycles. The molecule has 0 heterocycles. The van der Waals surface area contributed by atoms with Crippen molar-refractivity contribution in [2.75, 3.05) is 11.9 Å². The molecule has 0 amide bonds. The van der Waals surface area contributed by atoms with Crippen LogP contribution in [0.3, 0.4) is 0 Å². The summed E-state index contributed by atoms with van der Waals surface area (Å²) in [5, 5.41) is 19.9. The van der Waals surface area contributed by atoms with Gasteiger partial charge in [-0.1, -0.05) is 0 Å². The first-order valence-corrected chi connectivity index (χ1v) is 3.43. The fourth-order valence-electron chi connectivity index (χ4n) is 0.757. The van der Waals surface area contributed by atoms with Crippen LogP contribution in [-0.2, 0) is 4.79 Å². The number of anilines is 1. The number of phenolic OH excluding ortho intramolecular Hbond substituents is 1. The van der Waals surface area contributed by atoms with E-state index in [0.29, 0.717) is 5.69 Å². The van der Waals surface area contributed by atoms with Crippen molar-refractivity contribution in [2.45, 2.75) is 0 Å². The van der Waals surface area contributed by atoms with Crippen LogP contribution in [0.25, 0.3) is 0 Å². The van der Waals surface area contributed by atoms with Gasteiger partial charge >= 0.3 is 35.5 Å². The molecule has 13 heavy (non-hydrogen) atoms. The number of carboxylic acid groups (broad SMARTS) is 1. The third kappa shape index (κ3) is 4.77. The van der Waals surface area contributed by atoms with Crippen molar-refractivity contribution >= 4 is 11.7 Å². The van der Waals surface area contributed by atoms with Gasteiger partial charge in [-0.2, -0.15) is 0 Å². The molecular formula is C8H9NNaO3+. The van der Waals surface area contributed by atoms with Gasteiger partial charge in [0.1, 0.15) is 12.3 Å². The van der Waals surface area contributed by atoms with Crippen molar-refractivity contribution in [2.24, 2.45) is 0 Å². The Hall–Kier alpha value is -0.710. The molecule has 0 unspecified atom stereocenters.